The molecule has 5 heteroatoms. The lowest BCUT2D eigenvalue weighted by molar-refractivity contribution is -0.0241. The fourth-order valence-corrected chi connectivity index (χ4v) is 6.04. The highest BCUT2D eigenvalue weighted by Gasteiger charge is 2.57. The quantitative estimate of drug-likeness (QED) is 0.737. The molecule has 5 nitrogen and oxygen atoms in total. The maximum Gasteiger partial charge on any atom is 0.320 e. The molecule has 1 N–H and O–H groups in total. The molecular formula is C23H32N4O. The number of urea groups is 1. The fraction of sp³-hybridized carbons (Fsp3) is 0.652. The van der Waals surface area contributed by atoms with Gasteiger partial charge < -0.3 is 14.8 Å². The average molecular weight is 381 g/mol. The van der Waals surface area contributed by atoms with Crippen LogP contribution in [-0.2, 0) is 11.8 Å². The number of rotatable bonds is 0. The lowest BCUT2D eigenvalue weighted by Crippen LogP contribution is -2.66. The van der Waals surface area contributed by atoms with Gasteiger partial charge in [-0.15, -0.1) is 0 Å². The van der Waals surface area contributed by atoms with Crippen LogP contribution < -0.4 is 0 Å². The molecule has 2 saturated heterocycles. The molecule has 2 aliphatic heterocycles. The second kappa shape index (κ2) is 5.98. The van der Waals surface area contributed by atoms with Crippen molar-refractivity contribution in [2.24, 2.45) is 5.41 Å². The monoisotopic (exact) mass is 380 g/mol. The lowest BCUT2D eigenvalue weighted by Gasteiger charge is -2.61. The summed E-state index contributed by atoms with van der Waals surface area (Å²) in [6, 6.07) is 5.12. The van der Waals surface area contributed by atoms with Crippen molar-refractivity contribution < 1.29 is 4.79 Å². The van der Waals surface area contributed by atoms with E-state index in [1.54, 1.807) is 0 Å². The molecule has 1 aromatic heterocycles. The number of likely N-dealkylation sites (tertiary alicyclic amines) is 2. The van der Waals surface area contributed by atoms with Crippen LogP contribution in [-0.4, -0.2) is 51.5 Å². The minimum absolute atomic E-state index is 0.0305. The van der Waals surface area contributed by atoms with E-state index in [0.717, 1.165) is 62.2 Å². The Morgan fingerprint density at radius 3 is 2.64 bits per heavy atom. The van der Waals surface area contributed by atoms with Crippen molar-refractivity contribution in [3.05, 3.63) is 29.1 Å². The molecule has 0 saturated carbocycles. The average Bonchev–Trinajstić information content (AvgIpc) is 3.03. The first-order chi connectivity index (χ1) is 13.3. The Hall–Kier alpha value is -2.04. The van der Waals surface area contributed by atoms with Gasteiger partial charge in [-0.3, -0.25) is 0 Å². The van der Waals surface area contributed by atoms with Crippen LogP contribution in [0.3, 0.4) is 0 Å². The molecule has 1 aromatic carbocycles. The number of benzene rings is 1. The third-order valence-corrected chi connectivity index (χ3v) is 8.19. The molecule has 150 valence electrons. The number of H-pyrrole nitrogens is 1. The second-order valence-corrected chi connectivity index (χ2v) is 9.90. The zero-order valence-corrected chi connectivity index (χ0v) is 17.6. The first kappa shape index (κ1) is 18.0. The molecular weight excluding hydrogens is 348 g/mol. The first-order valence-corrected chi connectivity index (χ1v) is 10.9. The maximum atomic E-state index is 13.4. The number of carbonyl (C=O) groups excluding carboxylic acids is 1. The Morgan fingerprint density at radius 1 is 1.14 bits per heavy atom. The molecule has 1 unspecified atom stereocenters. The first-order valence-electron chi connectivity index (χ1n) is 10.9. The zero-order valence-electron chi connectivity index (χ0n) is 17.6. The third-order valence-electron chi connectivity index (χ3n) is 8.19. The van der Waals surface area contributed by atoms with Crippen molar-refractivity contribution in [1.82, 2.24) is 19.8 Å². The fourth-order valence-electron chi connectivity index (χ4n) is 6.04. The largest absolute Gasteiger partial charge is 0.342 e. The standard InChI is InChI=1S/C23H32N4O/c1-15-24-18-12-16-13-20-22(2,3)23(4,17(16)14-19(18)25-15)8-11-27(20)21(28)26-9-6-5-7-10-26/h12,14,20H,5-11,13H2,1-4H3,(H,24,25)/t20?,23-/m0/s1. The summed E-state index contributed by atoms with van der Waals surface area (Å²) in [6.07, 6.45) is 5.49. The molecule has 0 radical (unpaired) electrons. The van der Waals surface area contributed by atoms with E-state index in [9.17, 15) is 4.79 Å². The van der Waals surface area contributed by atoms with Gasteiger partial charge in [-0.2, -0.15) is 0 Å². The van der Waals surface area contributed by atoms with Crippen molar-refractivity contribution in [2.75, 3.05) is 19.6 Å². The molecule has 2 fully saturated rings. The van der Waals surface area contributed by atoms with Crippen molar-refractivity contribution in [3.8, 4) is 0 Å². The van der Waals surface area contributed by atoms with Crippen molar-refractivity contribution in [3.63, 3.8) is 0 Å². The SMILES string of the molecule is Cc1nc2cc3c(cc2[nH]1)CC1N(C(=O)N2CCCCC2)CC[C@]3(C)C1(C)C. The highest BCUT2D eigenvalue weighted by Crippen LogP contribution is 2.56. The number of hydrogen-bond donors (Lipinski definition) is 1. The van der Waals surface area contributed by atoms with Gasteiger partial charge >= 0.3 is 6.03 Å². The van der Waals surface area contributed by atoms with Gasteiger partial charge in [0.15, 0.2) is 0 Å². The Bertz CT molecular complexity index is 939. The normalized spacial score (nSPS) is 29.1. The number of aryl methyl sites for hydroxylation is 1. The van der Waals surface area contributed by atoms with Crippen molar-refractivity contribution in [2.45, 2.75) is 71.3 Å². The maximum absolute atomic E-state index is 13.4. The number of aromatic amines is 1. The Kier molecular flexibility index (Phi) is 3.85. The van der Waals surface area contributed by atoms with Crippen LogP contribution in [0, 0.1) is 12.3 Å². The number of amides is 2. The van der Waals surface area contributed by atoms with Crippen LogP contribution in [0.1, 0.15) is 63.4 Å². The topological polar surface area (TPSA) is 52.2 Å². The van der Waals surface area contributed by atoms with Crippen LogP contribution in [0.2, 0.25) is 0 Å². The Labute approximate surface area is 167 Å². The second-order valence-electron chi connectivity index (χ2n) is 9.90. The predicted octanol–water partition coefficient (Wildman–Crippen LogP) is 4.39. The van der Waals surface area contributed by atoms with E-state index in [4.69, 9.17) is 0 Å². The number of aromatic nitrogens is 2. The van der Waals surface area contributed by atoms with E-state index in [1.165, 1.54) is 17.5 Å². The van der Waals surface area contributed by atoms with Crippen LogP contribution in [0.25, 0.3) is 11.0 Å². The Morgan fingerprint density at radius 2 is 1.89 bits per heavy atom. The van der Waals surface area contributed by atoms with Crippen LogP contribution in [0.5, 0.6) is 0 Å². The van der Waals surface area contributed by atoms with Crippen LogP contribution in [0.15, 0.2) is 12.1 Å². The van der Waals surface area contributed by atoms with Gasteiger partial charge in [0, 0.05) is 31.1 Å². The molecule has 2 bridgehead atoms. The smallest absolute Gasteiger partial charge is 0.320 e. The van der Waals surface area contributed by atoms with E-state index < -0.39 is 0 Å². The summed E-state index contributed by atoms with van der Waals surface area (Å²) in [7, 11) is 0. The van der Waals surface area contributed by atoms with Crippen molar-refractivity contribution >= 4 is 17.1 Å². The van der Waals surface area contributed by atoms with Gasteiger partial charge in [-0.1, -0.05) is 20.8 Å². The number of hydrogen-bond acceptors (Lipinski definition) is 2. The zero-order chi connectivity index (χ0) is 19.7. The highest BCUT2D eigenvalue weighted by atomic mass is 16.2. The summed E-state index contributed by atoms with van der Waals surface area (Å²) in [5.41, 5.74) is 5.11. The van der Waals surface area contributed by atoms with Crippen molar-refractivity contribution in [1.29, 1.82) is 0 Å². The molecule has 1 aliphatic carbocycles. The van der Waals surface area contributed by atoms with Gasteiger partial charge in [0.1, 0.15) is 5.82 Å². The third kappa shape index (κ3) is 2.37. The molecule has 2 aromatic rings. The van der Waals surface area contributed by atoms with Gasteiger partial charge in [0.25, 0.3) is 0 Å². The van der Waals surface area contributed by atoms with Gasteiger partial charge in [0.05, 0.1) is 11.0 Å². The molecule has 3 aliphatic rings. The molecule has 3 heterocycles. The number of fused-ring (bicyclic) bond motifs is 5. The van der Waals surface area contributed by atoms with Crippen LogP contribution in [0.4, 0.5) is 4.79 Å². The molecule has 0 spiro atoms. The number of carbonyl (C=O) groups is 1. The highest BCUT2D eigenvalue weighted by molar-refractivity contribution is 5.79. The van der Waals surface area contributed by atoms with Crippen LogP contribution >= 0.6 is 0 Å². The molecule has 2 amide bonds. The lowest BCUT2D eigenvalue weighted by atomic mass is 9.51. The van der Waals surface area contributed by atoms with E-state index in [-0.39, 0.29) is 22.9 Å². The number of piperidine rings is 2. The summed E-state index contributed by atoms with van der Waals surface area (Å²) >= 11 is 0. The summed E-state index contributed by atoms with van der Waals surface area (Å²) in [5, 5.41) is 0. The number of nitrogens with one attached hydrogen (secondary N) is 1. The summed E-state index contributed by atoms with van der Waals surface area (Å²) in [5.74, 6) is 0.964. The molecule has 28 heavy (non-hydrogen) atoms. The van der Waals surface area contributed by atoms with E-state index >= 15 is 0 Å². The summed E-state index contributed by atoms with van der Waals surface area (Å²) < 4.78 is 0. The minimum Gasteiger partial charge on any atom is -0.342 e. The minimum atomic E-state index is 0.0305. The van der Waals surface area contributed by atoms with E-state index in [1.807, 2.05) is 6.92 Å². The summed E-state index contributed by atoms with van der Waals surface area (Å²) in [6.45, 7) is 11.9. The van der Waals surface area contributed by atoms with Gasteiger partial charge in [-0.25, -0.2) is 9.78 Å². The van der Waals surface area contributed by atoms with E-state index in [0.29, 0.717) is 0 Å². The Balaban J connectivity index is 1.57. The molecule has 2 atom stereocenters. The van der Waals surface area contributed by atoms with Gasteiger partial charge in [-0.05, 0) is 67.7 Å². The number of imidazole rings is 1. The number of nitrogens with zero attached hydrogens (tertiary/aromatic N) is 3. The van der Waals surface area contributed by atoms with Gasteiger partial charge in [0.2, 0.25) is 0 Å². The summed E-state index contributed by atoms with van der Waals surface area (Å²) in [4.78, 5) is 25.8. The van der Waals surface area contributed by atoms with E-state index in [2.05, 4.69) is 52.7 Å². The molecule has 5 rings (SSSR count). The predicted molar refractivity (Wildman–Crippen MR) is 112 cm³/mol.